The number of para-hydroxylation sites is 1. The maximum atomic E-state index is 3.43. The first-order chi connectivity index (χ1) is 7.75. The zero-order valence-electron chi connectivity index (χ0n) is 8.93. The Morgan fingerprint density at radius 3 is 2.19 bits per heavy atom. The number of anilines is 1. The third-order valence-corrected chi connectivity index (χ3v) is 3.67. The van der Waals surface area contributed by atoms with Crippen molar-refractivity contribution in [3.8, 4) is 0 Å². The van der Waals surface area contributed by atoms with Gasteiger partial charge < -0.3 is 4.31 Å². The van der Waals surface area contributed by atoms with Gasteiger partial charge in [-0.3, -0.25) is 0 Å². The molecular weight excluding hydrogens is 282 g/mol. The largest absolute Gasteiger partial charge is 0.315 e. The fraction of sp³-hybridized carbons (Fsp3) is 0.0769. The van der Waals surface area contributed by atoms with Gasteiger partial charge in [-0.2, -0.15) is 0 Å². The minimum absolute atomic E-state index is 1.11. The van der Waals surface area contributed by atoms with Crippen molar-refractivity contribution in [2.24, 2.45) is 0 Å². The zero-order valence-corrected chi connectivity index (χ0v) is 11.3. The van der Waals surface area contributed by atoms with Crippen LogP contribution in [0.1, 0.15) is 0 Å². The summed E-state index contributed by atoms with van der Waals surface area (Å²) in [4.78, 5) is 1.23. The number of halogens is 1. The Balaban J connectivity index is 2.08. The normalized spacial score (nSPS) is 10.1. The third kappa shape index (κ3) is 3.03. The summed E-state index contributed by atoms with van der Waals surface area (Å²) in [6, 6.07) is 18.7. The molecule has 0 saturated heterocycles. The Morgan fingerprint density at radius 2 is 1.56 bits per heavy atom. The summed E-state index contributed by atoms with van der Waals surface area (Å²) in [5.74, 6) is 0. The van der Waals surface area contributed by atoms with Gasteiger partial charge in [-0.05, 0) is 48.3 Å². The molecular formula is C13H12BrNS. The lowest BCUT2D eigenvalue weighted by Crippen LogP contribution is -2.05. The van der Waals surface area contributed by atoms with Crippen LogP contribution in [0.25, 0.3) is 0 Å². The van der Waals surface area contributed by atoms with E-state index < -0.39 is 0 Å². The predicted molar refractivity (Wildman–Crippen MR) is 74.8 cm³/mol. The standard InChI is InChI=1S/C13H12BrNS/c1-15(12-5-3-2-4-6-12)16-13-9-7-11(14)8-10-13/h2-10H,1H3. The van der Waals surface area contributed by atoms with E-state index in [1.807, 2.05) is 18.2 Å². The second-order valence-electron chi connectivity index (χ2n) is 3.38. The highest BCUT2D eigenvalue weighted by molar-refractivity contribution is 9.10. The van der Waals surface area contributed by atoms with E-state index in [1.54, 1.807) is 11.9 Å². The van der Waals surface area contributed by atoms with Gasteiger partial charge in [-0.15, -0.1) is 0 Å². The van der Waals surface area contributed by atoms with Crippen molar-refractivity contribution in [3.05, 3.63) is 59.1 Å². The number of benzene rings is 2. The van der Waals surface area contributed by atoms with E-state index in [0.717, 1.165) is 4.47 Å². The quantitative estimate of drug-likeness (QED) is 0.762. The van der Waals surface area contributed by atoms with Crippen LogP contribution in [0.2, 0.25) is 0 Å². The van der Waals surface area contributed by atoms with Gasteiger partial charge >= 0.3 is 0 Å². The molecule has 1 nitrogen and oxygen atoms in total. The minimum Gasteiger partial charge on any atom is -0.315 e. The number of hydrogen-bond donors (Lipinski definition) is 0. The summed E-state index contributed by atoms with van der Waals surface area (Å²) in [6.07, 6.45) is 0. The summed E-state index contributed by atoms with van der Waals surface area (Å²) in [5.41, 5.74) is 1.20. The lowest BCUT2D eigenvalue weighted by Gasteiger charge is -2.17. The zero-order chi connectivity index (χ0) is 11.4. The van der Waals surface area contributed by atoms with Crippen molar-refractivity contribution in [1.29, 1.82) is 0 Å². The lowest BCUT2D eigenvalue weighted by atomic mass is 10.3. The third-order valence-electron chi connectivity index (χ3n) is 2.18. The van der Waals surface area contributed by atoms with Gasteiger partial charge in [0, 0.05) is 22.1 Å². The van der Waals surface area contributed by atoms with Gasteiger partial charge in [-0.25, -0.2) is 0 Å². The number of rotatable bonds is 3. The van der Waals surface area contributed by atoms with Crippen LogP contribution in [0.5, 0.6) is 0 Å². The van der Waals surface area contributed by atoms with Crippen molar-refractivity contribution in [2.75, 3.05) is 11.4 Å². The molecule has 2 rings (SSSR count). The SMILES string of the molecule is CN(Sc1ccc(Br)cc1)c1ccccc1. The molecule has 2 aromatic rings. The first kappa shape index (κ1) is 11.6. The Hall–Kier alpha value is -0.930. The van der Waals surface area contributed by atoms with Gasteiger partial charge in [0.25, 0.3) is 0 Å². The van der Waals surface area contributed by atoms with E-state index in [1.165, 1.54) is 10.6 Å². The molecule has 0 aliphatic heterocycles. The maximum Gasteiger partial charge on any atom is 0.0469 e. The molecule has 3 heteroatoms. The van der Waals surface area contributed by atoms with E-state index in [9.17, 15) is 0 Å². The van der Waals surface area contributed by atoms with Crippen LogP contribution in [-0.4, -0.2) is 7.05 Å². The van der Waals surface area contributed by atoms with Gasteiger partial charge in [0.2, 0.25) is 0 Å². The highest BCUT2D eigenvalue weighted by atomic mass is 79.9. The van der Waals surface area contributed by atoms with E-state index in [4.69, 9.17) is 0 Å². The van der Waals surface area contributed by atoms with Crippen LogP contribution in [-0.2, 0) is 0 Å². The molecule has 0 spiro atoms. The first-order valence-electron chi connectivity index (χ1n) is 4.98. The topological polar surface area (TPSA) is 3.24 Å². The summed E-state index contributed by atoms with van der Waals surface area (Å²) < 4.78 is 3.27. The minimum atomic E-state index is 1.11. The van der Waals surface area contributed by atoms with Gasteiger partial charge in [0.15, 0.2) is 0 Å². The summed E-state index contributed by atoms with van der Waals surface area (Å²) in [6.45, 7) is 0. The summed E-state index contributed by atoms with van der Waals surface area (Å²) in [5, 5.41) is 0. The predicted octanol–water partition coefficient (Wildman–Crippen LogP) is 4.59. The Kier molecular flexibility index (Phi) is 3.91. The van der Waals surface area contributed by atoms with E-state index >= 15 is 0 Å². The van der Waals surface area contributed by atoms with Crippen molar-refractivity contribution in [2.45, 2.75) is 4.90 Å². The van der Waals surface area contributed by atoms with Crippen LogP contribution in [0, 0.1) is 0 Å². The van der Waals surface area contributed by atoms with Gasteiger partial charge in [0.1, 0.15) is 0 Å². The average molecular weight is 294 g/mol. The molecule has 0 N–H and O–H groups in total. The van der Waals surface area contributed by atoms with Crippen molar-refractivity contribution < 1.29 is 0 Å². The maximum absolute atomic E-state index is 3.43. The molecule has 0 aromatic heterocycles. The molecule has 0 heterocycles. The molecule has 0 radical (unpaired) electrons. The molecule has 0 aliphatic rings. The number of hydrogen-bond acceptors (Lipinski definition) is 2. The Labute approximate surface area is 109 Å². The molecule has 16 heavy (non-hydrogen) atoms. The summed E-state index contributed by atoms with van der Waals surface area (Å²) in [7, 11) is 2.07. The second-order valence-corrected chi connectivity index (χ2v) is 5.50. The monoisotopic (exact) mass is 293 g/mol. The molecule has 0 bridgehead atoms. The molecule has 0 amide bonds. The van der Waals surface area contributed by atoms with Gasteiger partial charge in [0.05, 0.1) is 0 Å². The first-order valence-corrected chi connectivity index (χ1v) is 6.54. The Bertz CT molecular complexity index is 441. The van der Waals surface area contributed by atoms with E-state index in [0.29, 0.717) is 0 Å². The van der Waals surface area contributed by atoms with Crippen LogP contribution in [0.4, 0.5) is 5.69 Å². The molecule has 0 atom stereocenters. The van der Waals surface area contributed by atoms with Crippen molar-refractivity contribution in [3.63, 3.8) is 0 Å². The Morgan fingerprint density at radius 1 is 0.938 bits per heavy atom. The molecule has 0 saturated carbocycles. The molecule has 0 fully saturated rings. The fourth-order valence-corrected chi connectivity index (χ4v) is 2.41. The van der Waals surface area contributed by atoms with Crippen molar-refractivity contribution in [1.82, 2.24) is 0 Å². The van der Waals surface area contributed by atoms with Crippen molar-refractivity contribution >= 4 is 33.6 Å². The van der Waals surface area contributed by atoms with Crippen LogP contribution in [0.15, 0.2) is 64.0 Å². The molecule has 82 valence electrons. The van der Waals surface area contributed by atoms with E-state index in [-0.39, 0.29) is 0 Å². The smallest absolute Gasteiger partial charge is 0.0469 e. The highest BCUT2D eigenvalue weighted by Gasteiger charge is 2.02. The molecule has 0 aliphatic carbocycles. The number of nitrogens with zero attached hydrogens (tertiary/aromatic N) is 1. The average Bonchev–Trinajstić information content (AvgIpc) is 2.33. The fourth-order valence-electron chi connectivity index (χ4n) is 1.34. The molecule has 0 unspecified atom stereocenters. The van der Waals surface area contributed by atoms with Crippen LogP contribution >= 0.6 is 27.9 Å². The lowest BCUT2D eigenvalue weighted by molar-refractivity contribution is 1.33. The van der Waals surface area contributed by atoms with Crippen LogP contribution < -0.4 is 4.31 Å². The summed E-state index contributed by atoms with van der Waals surface area (Å²) >= 11 is 5.15. The second kappa shape index (κ2) is 5.41. The van der Waals surface area contributed by atoms with E-state index in [2.05, 4.69) is 63.7 Å². The van der Waals surface area contributed by atoms with Gasteiger partial charge in [-0.1, -0.05) is 34.1 Å². The van der Waals surface area contributed by atoms with Crippen LogP contribution in [0.3, 0.4) is 0 Å². The highest BCUT2D eigenvalue weighted by Crippen LogP contribution is 2.27. The molecule has 2 aromatic carbocycles.